The maximum atomic E-state index is 12.8. The Hall–Kier alpha value is -4.05. The van der Waals surface area contributed by atoms with E-state index >= 15 is 0 Å². The van der Waals surface area contributed by atoms with Crippen LogP contribution in [-0.2, 0) is 35.3 Å². The number of aliphatic carboxylic acids is 1. The second-order valence-corrected chi connectivity index (χ2v) is 9.12. The van der Waals surface area contributed by atoms with Crippen molar-refractivity contribution in [3.05, 3.63) is 106 Å². The number of amides is 1. The fourth-order valence-electron chi connectivity index (χ4n) is 3.92. The molecule has 7 heteroatoms. The summed E-state index contributed by atoms with van der Waals surface area (Å²) in [5, 5.41) is 9.20. The number of carbonyl (C=O) groups excluding carboxylic acids is 1. The van der Waals surface area contributed by atoms with Crippen molar-refractivity contribution in [3.8, 4) is 11.8 Å². The Labute approximate surface area is 221 Å². The number of unbranched alkanes of at least 4 members (excludes halogenated alkanes) is 3. The van der Waals surface area contributed by atoms with Crippen LogP contribution in [0.25, 0.3) is 0 Å². The zero-order valence-corrected chi connectivity index (χ0v) is 21.2. The molecule has 3 aromatic carbocycles. The summed E-state index contributed by atoms with van der Waals surface area (Å²) >= 11 is 0. The zero-order valence-electron chi connectivity index (χ0n) is 21.2. The van der Waals surface area contributed by atoms with Crippen LogP contribution in [0, 0.1) is 11.8 Å². The molecule has 0 bridgehead atoms. The smallest absolute Gasteiger partial charge is 0.416 e. The molecule has 4 nitrogen and oxygen atoms in total. The van der Waals surface area contributed by atoms with Crippen LogP contribution in [-0.4, -0.2) is 21.9 Å². The Morgan fingerprint density at radius 3 is 1.66 bits per heavy atom. The third-order valence-corrected chi connectivity index (χ3v) is 6.08. The second kappa shape index (κ2) is 13.5. The van der Waals surface area contributed by atoms with Crippen molar-refractivity contribution in [2.45, 2.75) is 58.3 Å². The zero-order chi connectivity index (χ0) is 27.5. The number of hydrogen-bond acceptors (Lipinski definition) is 2. The van der Waals surface area contributed by atoms with E-state index in [4.69, 9.17) is 0 Å². The molecule has 0 saturated carbocycles. The molecule has 3 aromatic rings. The van der Waals surface area contributed by atoms with E-state index in [1.807, 2.05) is 12.1 Å². The van der Waals surface area contributed by atoms with Crippen molar-refractivity contribution in [2.75, 3.05) is 0 Å². The SMILES string of the molecule is CCCCCCc1ccc(C#Cc2ccc(CN(Cc3ccc(C(F)(F)F)cc3)C(=O)C(=O)O)cc2)cc1. The van der Waals surface area contributed by atoms with Gasteiger partial charge in [0.25, 0.3) is 0 Å². The Bertz CT molecular complexity index is 1270. The van der Waals surface area contributed by atoms with E-state index in [1.165, 1.54) is 43.4 Å². The van der Waals surface area contributed by atoms with Crippen LogP contribution in [0.2, 0.25) is 0 Å². The molecule has 0 aromatic heterocycles. The van der Waals surface area contributed by atoms with Gasteiger partial charge in [-0.2, -0.15) is 13.2 Å². The molecule has 0 atom stereocenters. The molecule has 0 unspecified atom stereocenters. The summed E-state index contributed by atoms with van der Waals surface area (Å²) in [6.07, 6.45) is 1.50. The number of carboxylic acids is 1. The lowest BCUT2D eigenvalue weighted by molar-refractivity contribution is -0.156. The van der Waals surface area contributed by atoms with Gasteiger partial charge in [-0.15, -0.1) is 0 Å². The third kappa shape index (κ3) is 8.81. The van der Waals surface area contributed by atoms with Crippen molar-refractivity contribution >= 4 is 11.9 Å². The highest BCUT2D eigenvalue weighted by Gasteiger charge is 2.30. The number of alkyl halides is 3. The van der Waals surface area contributed by atoms with Crippen LogP contribution in [0.4, 0.5) is 13.2 Å². The summed E-state index contributed by atoms with van der Waals surface area (Å²) in [7, 11) is 0. The van der Waals surface area contributed by atoms with E-state index in [2.05, 4.69) is 30.9 Å². The van der Waals surface area contributed by atoms with Gasteiger partial charge in [-0.25, -0.2) is 4.79 Å². The molecule has 1 amide bonds. The molecular weight excluding hydrogens is 491 g/mol. The highest BCUT2D eigenvalue weighted by atomic mass is 19.4. The Morgan fingerprint density at radius 2 is 1.21 bits per heavy atom. The summed E-state index contributed by atoms with van der Waals surface area (Å²) in [6.45, 7) is 2.04. The number of benzene rings is 3. The normalized spacial score (nSPS) is 10.9. The van der Waals surface area contributed by atoms with Crippen LogP contribution in [0.3, 0.4) is 0 Å². The lowest BCUT2D eigenvalue weighted by Gasteiger charge is -2.21. The van der Waals surface area contributed by atoms with Crippen molar-refractivity contribution in [3.63, 3.8) is 0 Å². The van der Waals surface area contributed by atoms with Gasteiger partial charge in [0.1, 0.15) is 0 Å². The predicted octanol–water partition coefficient (Wildman–Crippen LogP) is 6.84. The lowest BCUT2D eigenvalue weighted by atomic mass is 10.0. The Kier molecular flexibility index (Phi) is 10.1. The molecule has 0 saturated heterocycles. The molecule has 0 fully saturated rings. The van der Waals surface area contributed by atoms with E-state index < -0.39 is 23.6 Å². The van der Waals surface area contributed by atoms with Crippen LogP contribution >= 0.6 is 0 Å². The van der Waals surface area contributed by atoms with Crippen LogP contribution in [0.1, 0.15) is 66.0 Å². The maximum Gasteiger partial charge on any atom is 0.416 e. The van der Waals surface area contributed by atoms with Crippen molar-refractivity contribution in [2.24, 2.45) is 0 Å². The molecule has 0 heterocycles. The van der Waals surface area contributed by atoms with E-state index in [0.29, 0.717) is 11.1 Å². The van der Waals surface area contributed by atoms with E-state index in [0.717, 1.165) is 34.6 Å². The number of carboxylic acid groups (broad SMARTS) is 1. The summed E-state index contributed by atoms with van der Waals surface area (Å²) in [5.41, 5.74) is 3.21. The van der Waals surface area contributed by atoms with Gasteiger partial charge in [-0.3, -0.25) is 4.79 Å². The van der Waals surface area contributed by atoms with Crippen molar-refractivity contribution < 1.29 is 27.9 Å². The van der Waals surface area contributed by atoms with Crippen LogP contribution in [0.5, 0.6) is 0 Å². The first-order valence-electron chi connectivity index (χ1n) is 12.5. The minimum absolute atomic E-state index is 0.0143. The molecule has 0 spiro atoms. The minimum Gasteiger partial charge on any atom is -0.474 e. The monoisotopic (exact) mass is 521 g/mol. The quantitative estimate of drug-likeness (QED) is 0.191. The van der Waals surface area contributed by atoms with Gasteiger partial charge in [-0.1, -0.05) is 74.4 Å². The molecule has 0 aliphatic rings. The van der Waals surface area contributed by atoms with Crippen LogP contribution < -0.4 is 0 Å². The number of hydrogen-bond donors (Lipinski definition) is 1. The van der Waals surface area contributed by atoms with Crippen molar-refractivity contribution in [1.29, 1.82) is 0 Å². The highest BCUT2D eigenvalue weighted by Crippen LogP contribution is 2.29. The van der Waals surface area contributed by atoms with Gasteiger partial charge in [0.05, 0.1) is 5.56 Å². The number of rotatable bonds is 9. The number of nitrogens with zero attached hydrogens (tertiary/aromatic N) is 1. The molecule has 0 radical (unpaired) electrons. The highest BCUT2D eigenvalue weighted by molar-refractivity contribution is 6.31. The average molecular weight is 522 g/mol. The van der Waals surface area contributed by atoms with Gasteiger partial charge in [0.15, 0.2) is 0 Å². The number of aryl methyl sites for hydroxylation is 1. The molecular formula is C31H30F3NO3. The molecule has 3 rings (SSSR count). The first-order chi connectivity index (χ1) is 18.2. The standard InChI is InChI=1S/C31H30F3NO3/c1-2-3-4-5-6-23-7-9-24(10-8-23)11-12-25-13-15-26(16-14-25)21-35(29(36)30(37)38)22-27-17-19-28(20-18-27)31(32,33)34/h7-10,13-20H,2-6,21-22H2,1H3,(H,37,38). The van der Waals surface area contributed by atoms with E-state index in [-0.39, 0.29) is 13.1 Å². The predicted molar refractivity (Wildman–Crippen MR) is 140 cm³/mol. The molecule has 0 aliphatic heterocycles. The summed E-state index contributed by atoms with van der Waals surface area (Å²) in [6, 6.07) is 19.6. The van der Waals surface area contributed by atoms with Gasteiger partial charge < -0.3 is 10.0 Å². The number of carbonyl (C=O) groups is 2. The van der Waals surface area contributed by atoms with E-state index in [1.54, 1.807) is 24.3 Å². The third-order valence-electron chi connectivity index (χ3n) is 6.08. The first-order valence-corrected chi connectivity index (χ1v) is 12.5. The molecule has 0 aliphatic carbocycles. The van der Waals surface area contributed by atoms with Crippen LogP contribution in [0.15, 0.2) is 72.8 Å². The van der Waals surface area contributed by atoms with Crippen molar-refractivity contribution in [1.82, 2.24) is 4.90 Å². The second-order valence-electron chi connectivity index (χ2n) is 9.12. The fraction of sp³-hybridized carbons (Fsp3) is 0.290. The Morgan fingerprint density at radius 1 is 0.737 bits per heavy atom. The van der Waals surface area contributed by atoms with Gasteiger partial charge >= 0.3 is 18.1 Å². The molecule has 198 valence electrons. The Balaban J connectivity index is 1.64. The van der Waals surface area contributed by atoms with Gasteiger partial charge in [0, 0.05) is 24.2 Å². The summed E-state index contributed by atoms with van der Waals surface area (Å²) in [4.78, 5) is 24.6. The fourth-order valence-corrected chi connectivity index (χ4v) is 3.92. The van der Waals surface area contributed by atoms with E-state index in [9.17, 15) is 27.9 Å². The summed E-state index contributed by atoms with van der Waals surface area (Å²) in [5.74, 6) is 3.47. The molecule has 38 heavy (non-hydrogen) atoms. The van der Waals surface area contributed by atoms with Gasteiger partial charge in [0.2, 0.25) is 0 Å². The molecule has 1 N–H and O–H groups in total. The summed E-state index contributed by atoms with van der Waals surface area (Å²) < 4.78 is 38.4. The maximum absolute atomic E-state index is 12.8. The average Bonchev–Trinajstić information content (AvgIpc) is 2.90. The largest absolute Gasteiger partial charge is 0.474 e. The van der Waals surface area contributed by atoms with Gasteiger partial charge in [-0.05, 0) is 65.9 Å². The lowest BCUT2D eigenvalue weighted by Crippen LogP contribution is -2.35. The number of halogens is 3. The topological polar surface area (TPSA) is 57.6 Å². The minimum atomic E-state index is -4.48. The first kappa shape index (κ1) is 28.5.